The lowest BCUT2D eigenvalue weighted by molar-refractivity contribution is -0.126. The summed E-state index contributed by atoms with van der Waals surface area (Å²) in [5.41, 5.74) is 0. The van der Waals surface area contributed by atoms with Crippen LogP contribution < -0.4 is 10.6 Å². The highest BCUT2D eigenvalue weighted by Gasteiger charge is 2.25. The maximum Gasteiger partial charge on any atom is 0.223 e. The van der Waals surface area contributed by atoms with Crippen molar-refractivity contribution in [3.8, 4) is 0 Å². The van der Waals surface area contributed by atoms with Crippen molar-refractivity contribution in [2.45, 2.75) is 83.6 Å². The minimum Gasteiger partial charge on any atom is -0.356 e. The molecule has 2 N–H and O–H groups in total. The van der Waals surface area contributed by atoms with Crippen molar-refractivity contribution >= 4 is 5.91 Å². The number of nitrogens with one attached hydrogen (secondary N) is 2. The van der Waals surface area contributed by atoms with Crippen molar-refractivity contribution in [3.63, 3.8) is 0 Å². The van der Waals surface area contributed by atoms with Crippen molar-refractivity contribution in [2.24, 2.45) is 11.8 Å². The van der Waals surface area contributed by atoms with Gasteiger partial charge in [-0.25, -0.2) is 0 Å². The molecule has 1 saturated carbocycles. The summed E-state index contributed by atoms with van der Waals surface area (Å²) in [7, 11) is 0. The summed E-state index contributed by atoms with van der Waals surface area (Å²) >= 11 is 0. The van der Waals surface area contributed by atoms with E-state index >= 15 is 0 Å². The van der Waals surface area contributed by atoms with Crippen LogP contribution in [0.25, 0.3) is 0 Å². The number of rotatable bonds is 7. The Morgan fingerprint density at radius 3 is 2.57 bits per heavy atom. The predicted molar refractivity (Wildman–Crippen MR) is 88.2 cm³/mol. The van der Waals surface area contributed by atoms with Crippen LogP contribution in [0.2, 0.25) is 0 Å². The molecule has 1 aliphatic heterocycles. The SMILES string of the molecule is CCCCC1CCC(C(=O)NCCC2CCCCN2)CC1. The van der Waals surface area contributed by atoms with Crippen LogP contribution in [0.1, 0.15) is 77.6 Å². The standard InChI is InChI=1S/C18H34N2O/c1-2-3-6-15-8-10-16(11-9-15)18(21)20-14-12-17-7-4-5-13-19-17/h15-17,19H,2-14H2,1H3,(H,20,21). The fraction of sp³-hybridized carbons (Fsp3) is 0.944. The van der Waals surface area contributed by atoms with Crippen LogP contribution in [0.5, 0.6) is 0 Å². The molecule has 2 fully saturated rings. The summed E-state index contributed by atoms with van der Waals surface area (Å²) in [6.07, 6.45) is 13.8. The van der Waals surface area contributed by atoms with E-state index in [1.807, 2.05) is 0 Å². The van der Waals surface area contributed by atoms with Crippen LogP contribution >= 0.6 is 0 Å². The zero-order valence-corrected chi connectivity index (χ0v) is 13.8. The smallest absolute Gasteiger partial charge is 0.223 e. The number of hydrogen-bond acceptors (Lipinski definition) is 2. The zero-order valence-electron chi connectivity index (χ0n) is 13.8. The van der Waals surface area contributed by atoms with Crippen LogP contribution in [0.15, 0.2) is 0 Å². The van der Waals surface area contributed by atoms with Gasteiger partial charge in [-0.05, 0) is 57.4 Å². The largest absolute Gasteiger partial charge is 0.356 e. The highest BCUT2D eigenvalue weighted by Crippen LogP contribution is 2.31. The van der Waals surface area contributed by atoms with E-state index < -0.39 is 0 Å². The van der Waals surface area contributed by atoms with Crippen molar-refractivity contribution in [1.82, 2.24) is 10.6 Å². The minimum atomic E-state index is 0.294. The molecule has 1 aliphatic carbocycles. The van der Waals surface area contributed by atoms with Crippen molar-refractivity contribution in [3.05, 3.63) is 0 Å². The second-order valence-corrected chi connectivity index (χ2v) is 7.09. The summed E-state index contributed by atoms with van der Waals surface area (Å²) in [5, 5.41) is 6.73. The second-order valence-electron chi connectivity index (χ2n) is 7.09. The van der Waals surface area contributed by atoms with Crippen LogP contribution in [-0.4, -0.2) is 25.0 Å². The quantitative estimate of drug-likeness (QED) is 0.753. The molecule has 1 heterocycles. The Kier molecular flexibility index (Phi) is 7.56. The van der Waals surface area contributed by atoms with Crippen LogP contribution in [0.3, 0.4) is 0 Å². The topological polar surface area (TPSA) is 41.1 Å². The lowest BCUT2D eigenvalue weighted by Gasteiger charge is -2.28. The maximum atomic E-state index is 12.2. The van der Waals surface area contributed by atoms with Gasteiger partial charge in [0, 0.05) is 18.5 Å². The van der Waals surface area contributed by atoms with E-state index in [9.17, 15) is 4.79 Å². The summed E-state index contributed by atoms with van der Waals surface area (Å²) in [5.74, 6) is 1.50. The van der Waals surface area contributed by atoms with E-state index in [1.165, 1.54) is 51.4 Å². The third-order valence-electron chi connectivity index (χ3n) is 5.39. The molecule has 122 valence electrons. The number of carbonyl (C=O) groups excluding carboxylic acids is 1. The van der Waals surface area contributed by atoms with Crippen LogP contribution in [0.4, 0.5) is 0 Å². The lowest BCUT2D eigenvalue weighted by Crippen LogP contribution is -2.39. The maximum absolute atomic E-state index is 12.2. The van der Waals surface area contributed by atoms with E-state index in [2.05, 4.69) is 17.6 Å². The van der Waals surface area contributed by atoms with E-state index in [-0.39, 0.29) is 0 Å². The first-order valence-corrected chi connectivity index (χ1v) is 9.30. The highest BCUT2D eigenvalue weighted by molar-refractivity contribution is 5.78. The molecule has 0 radical (unpaired) electrons. The molecule has 3 heteroatoms. The Morgan fingerprint density at radius 1 is 1.10 bits per heavy atom. The summed E-state index contributed by atoms with van der Waals surface area (Å²) < 4.78 is 0. The number of amides is 1. The molecule has 1 saturated heterocycles. The Hall–Kier alpha value is -0.570. The molecule has 1 amide bonds. The van der Waals surface area contributed by atoms with Gasteiger partial charge in [0.1, 0.15) is 0 Å². The molecule has 21 heavy (non-hydrogen) atoms. The Morgan fingerprint density at radius 2 is 1.90 bits per heavy atom. The third-order valence-corrected chi connectivity index (χ3v) is 5.39. The molecule has 0 aromatic heterocycles. The predicted octanol–water partition coefficient (Wildman–Crippen LogP) is 3.63. The lowest BCUT2D eigenvalue weighted by atomic mass is 9.79. The van der Waals surface area contributed by atoms with Gasteiger partial charge in [0.15, 0.2) is 0 Å². The first kappa shape index (κ1) is 16.8. The normalized spacial score (nSPS) is 30.0. The van der Waals surface area contributed by atoms with Crippen molar-refractivity contribution in [2.75, 3.05) is 13.1 Å². The summed E-state index contributed by atoms with van der Waals surface area (Å²) in [6.45, 7) is 4.27. The third kappa shape index (κ3) is 5.98. The fourth-order valence-electron chi connectivity index (χ4n) is 3.89. The van der Waals surface area contributed by atoms with Gasteiger partial charge < -0.3 is 10.6 Å². The number of carbonyl (C=O) groups is 1. The van der Waals surface area contributed by atoms with Gasteiger partial charge in [0.25, 0.3) is 0 Å². The van der Waals surface area contributed by atoms with Gasteiger partial charge in [0.2, 0.25) is 5.91 Å². The number of piperidine rings is 1. The fourth-order valence-corrected chi connectivity index (χ4v) is 3.89. The monoisotopic (exact) mass is 294 g/mol. The highest BCUT2D eigenvalue weighted by atomic mass is 16.1. The second kappa shape index (κ2) is 9.45. The van der Waals surface area contributed by atoms with E-state index in [1.54, 1.807) is 0 Å². The average molecular weight is 294 g/mol. The molecule has 0 aromatic carbocycles. The molecule has 1 unspecified atom stereocenters. The van der Waals surface area contributed by atoms with E-state index in [4.69, 9.17) is 0 Å². The van der Waals surface area contributed by atoms with Crippen LogP contribution in [0, 0.1) is 11.8 Å². The Bertz CT molecular complexity index is 292. The summed E-state index contributed by atoms with van der Waals surface area (Å²) in [6, 6.07) is 0.629. The van der Waals surface area contributed by atoms with Gasteiger partial charge >= 0.3 is 0 Å². The van der Waals surface area contributed by atoms with Crippen LogP contribution in [-0.2, 0) is 4.79 Å². The van der Waals surface area contributed by atoms with Crippen molar-refractivity contribution < 1.29 is 4.79 Å². The van der Waals surface area contributed by atoms with Crippen molar-refractivity contribution in [1.29, 1.82) is 0 Å². The van der Waals surface area contributed by atoms with E-state index in [0.717, 1.165) is 38.3 Å². The number of hydrogen-bond donors (Lipinski definition) is 2. The van der Waals surface area contributed by atoms with E-state index in [0.29, 0.717) is 17.9 Å². The molecule has 0 spiro atoms. The van der Waals surface area contributed by atoms with Gasteiger partial charge in [0.05, 0.1) is 0 Å². The molecule has 3 nitrogen and oxygen atoms in total. The van der Waals surface area contributed by atoms with Gasteiger partial charge in [-0.2, -0.15) is 0 Å². The first-order valence-electron chi connectivity index (χ1n) is 9.30. The molecule has 0 bridgehead atoms. The molecule has 1 atom stereocenters. The van der Waals surface area contributed by atoms with Gasteiger partial charge in [-0.15, -0.1) is 0 Å². The molecule has 2 aliphatic rings. The molecule has 0 aromatic rings. The molecular formula is C18H34N2O. The molecule has 2 rings (SSSR count). The minimum absolute atomic E-state index is 0.294. The zero-order chi connectivity index (χ0) is 14.9. The average Bonchev–Trinajstić information content (AvgIpc) is 2.54. The molecular weight excluding hydrogens is 260 g/mol. The van der Waals surface area contributed by atoms with Gasteiger partial charge in [-0.1, -0.05) is 32.6 Å². The first-order chi connectivity index (χ1) is 10.3. The Labute approximate surface area is 130 Å². The Balaban J connectivity index is 1.56. The summed E-state index contributed by atoms with van der Waals surface area (Å²) in [4.78, 5) is 12.2. The van der Waals surface area contributed by atoms with Gasteiger partial charge in [-0.3, -0.25) is 4.79 Å². The number of unbranched alkanes of at least 4 members (excludes halogenated alkanes) is 1.